The number of carboxylic acid groups (broad SMARTS) is 1. The van der Waals surface area contributed by atoms with Crippen LogP contribution in [0.2, 0.25) is 0 Å². The van der Waals surface area contributed by atoms with Gasteiger partial charge in [-0.05, 0) is 66.7 Å². The molecule has 1 aliphatic rings. The lowest BCUT2D eigenvalue weighted by molar-refractivity contribution is -0.138. The summed E-state index contributed by atoms with van der Waals surface area (Å²) >= 11 is 1.75. The van der Waals surface area contributed by atoms with Crippen LogP contribution < -0.4 is 0 Å². The molecule has 0 aliphatic heterocycles. The van der Waals surface area contributed by atoms with E-state index in [0.717, 1.165) is 36.2 Å². The van der Waals surface area contributed by atoms with Crippen molar-refractivity contribution in [2.24, 2.45) is 17.8 Å². The highest BCUT2D eigenvalue weighted by atomic mass is 32.1. The van der Waals surface area contributed by atoms with Gasteiger partial charge in [-0.3, -0.25) is 9.59 Å². The minimum absolute atomic E-state index is 0.00966. The lowest BCUT2D eigenvalue weighted by Crippen LogP contribution is -2.16. The van der Waals surface area contributed by atoms with Crippen LogP contribution in [0.3, 0.4) is 0 Å². The van der Waals surface area contributed by atoms with Crippen molar-refractivity contribution in [2.45, 2.75) is 78.2 Å². The molecule has 34 heavy (non-hydrogen) atoms. The number of Topliss-reactive ketones (excluding diaryl/α,β-unsaturated/α-hetero) is 1. The monoisotopic (exact) mass is 480 g/mol. The molecule has 0 saturated heterocycles. The fraction of sp³-hybridized carbons (Fsp3) is 0.536. The second-order valence-electron chi connectivity index (χ2n) is 10.3. The van der Waals surface area contributed by atoms with Gasteiger partial charge in [0, 0.05) is 36.2 Å². The molecule has 6 heteroatoms. The van der Waals surface area contributed by atoms with Gasteiger partial charge in [-0.25, -0.2) is 4.98 Å². The number of hydrogen-bond acceptors (Lipinski definition) is 4. The molecule has 182 valence electrons. The molecule has 1 fully saturated rings. The standard InChI is InChI=1S/C28H36N2O3S/c1-19(2)13-21(15-28(32)33)14-26(31)22-10-11-25-24(16-22)29-27(17-23-9-6-12-34-23)30(25)18-20-7-4-3-5-8-20/h6,9-12,16,19-21H,3-5,7-8,13-15,17-18H2,1-2H3,(H,32,33)/t21-/m1/s1. The van der Waals surface area contributed by atoms with Gasteiger partial charge in [0.05, 0.1) is 11.0 Å². The van der Waals surface area contributed by atoms with Crippen LogP contribution in [0.4, 0.5) is 0 Å². The zero-order chi connectivity index (χ0) is 24.1. The van der Waals surface area contributed by atoms with E-state index in [-0.39, 0.29) is 24.5 Å². The Bertz CT molecular complexity index is 1110. The van der Waals surface area contributed by atoms with Crippen LogP contribution in [-0.2, 0) is 17.8 Å². The van der Waals surface area contributed by atoms with Gasteiger partial charge in [0.15, 0.2) is 5.78 Å². The third-order valence-electron chi connectivity index (χ3n) is 6.97. The number of imidazole rings is 1. The number of aromatic nitrogens is 2. The number of fused-ring (bicyclic) bond motifs is 1. The van der Waals surface area contributed by atoms with Crippen LogP contribution in [0, 0.1) is 17.8 Å². The van der Waals surface area contributed by atoms with Crippen molar-refractivity contribution in [1.82, 2.24) is 9.55 Å². The average Bonchev–Trinajstić information content (AvgIpc) is 3.41. The second kappa shape index (κ2) is 11.3. The van der Waals surface area contributed by atoms with Crippen molar-refractivity contribution in [3.8, 4) is 0 Å². The van der Waals surface area contributed by atoms with E-state index >= 15 is 0 Å². The smallest absolute Gasteiger partial charge is 0.303 e. The van der Waals surface area contributed by atoms with Crippen molar-refractivity contribution in [3.05, 3.63) is 52.0 Å². The summed E-state index contributed by atoms with van der Waals surface area (Å²) in [5, 5.41) is 11.4. The highest BCUT2D eigenvalue weighted by molar-refractivity contribution is 7.09. The normalized spacial score (nSPS) is 15.7. The van der Waals surface area contributed by atoms with E-state index in [1.165, 1.54) is 37.0 Å². The topological polar surface area (TPSA) is 72.2 Å². The van der Waals surface area contributed by atoms with Crippen molar-refractivity contribution < 1.29 is 14.7 Å². The SMILES string of the molecule is CC(C)C[C@@H](CC(=O)O)CC(=O)c1ccc2c(c1)nc(Cc1cccs1)n2CC1CCCCC1. The van der Waals surface area contributed by atoms with Crippen molar-refractivity contribution in [1.29, 1.82) is 0 Å². The van der Waals surface area contributed by atoms with Crippen molar-refractivity contribution in [2.75, 3.05) is 0 Å². The number of carbonyl (C=O) groups is 2. The van der Waals surface area contributed by atoms with E-state index in [1.807, 2.05) is 18.2 Å². The van der Waals surface area contributed by atoms with E-state index < -0.39 is 5.97 Å². The number of ketones is 1. The molecule has 1 N–H and O–H groups in total. The minimum atomic E-state index is -0.839. The third kappa shape index (κ3) is 6.35. The quantitative estimate of drug-likeness (QED) is 0.301. The maximum absolute atomic E-state index is 13.1. The maximum atomic E-state index is 13.1. The Morgan fingerprint density at radius 3 is 2.62 bits per heavy atom. The molecule has 0 radical (unpaired) electrons. The van der Waals surface area contributed by atoms with Crippen LogP contribution in [0.15, 0.2) is 35.7 Å². The number of benzene rings is 1. The lowest BCUT2D eigenvalue weighted by Gasteiger charge is -2.23. The van der Waals surface area contributed by atoms with Crippen LogP contribution in [-0.4, -0.2) is 26.4 Å². The van der Waals surface area contributed by atoms with Gasteiger partial charge in [0.1, 0.15) is 5.82 Å². The Kier molecular flexibility index (Phi) is 8.19. The molecule has 0 amide bonds. The van der Waals surface area contributed by atoms with Gasteiger partial charge in [0.25, 0.3) is 0 Å². The molecular formula is C28H36N2O3S. The lowest BCUT2D eigenvalue weighted by atomic mass is 9.88. The third-order valence-corrected chi connectivity index (χ3v) is 7.85. The Morgan fingerprint density at radius 1 is 1.15 bits per heavy atom. The Hall–Kier alpha value is -2.47. The molecule has 0 unspecified atom stereocenters. The molecule has 1 aliphatic carbocycles. The predicted octanol–water partition coefficient (Wildman–Crippen LogP) is 6.98. The summed E-state index contributed by atoms with van der Waals surface area (Å²) in [5.74, 6) is 1.14. The largest absolute Gasteiger partial charge is 0.481 e. The average molecular weight is 481 g/mol. The molecule has 2 aromatic heterocycles. The summed E-state index contributed by atoms with van der Waals surface area (Å²) < 4.78 is 2.38. The molecule has 1 saturated carbocycles. The molecular weight excluding hydrogens is 444 g/mol. The number of rotatable bonds is 11. The van der Waals surface area contributed by atoms with Gasteiger partial charge >= 0.3 is 5.97 Å². The van der Waals surface area contributed by atoms with Crippen molar-refractivity contribution >= 4 is 34.1 Å². The number of carbonyl (C=O) groups excluding carboxylic acids is 1. The number of hydrogen-bond donors (Lipinski definition) is 1. The number of nitrogens with zero attached hydrogens (tertiary/aromatic N) is 2. The van der Waals surface area contributed by atoms with Crippen LogP contribution in [0.1, 0.15) is 86.3 Å². The Balaban J connectivity index is 1.60. The summed E-state index contributed by atoms with van der Waals surface area (Å²) in [4.78, 5) is 30.7. The van der Waals surface area contributed by atoms with Gasteiger partial charge in [-0.1, -0.05) is 39.2 Å². The first kappa shape index (κ1) is 24.6. The van der Waals surface area contributed by atoms with E-state index in [1.54, 1.807) is 11.3 Å². The predicted molar refractivity (Wildman–Crippen MR) is 138 cm³/mol. The Morgan fingerprint density at radius 2 is 1.94 bits per heavy atom. The maximum Gasteiger partial charge on any atom is 0.303 e. The molecule has 5 nitrogen and oxygen atoms in total. The number of thiophene rings is 1. The highest BCUT2D eigenvalue weighted by Crippen LogP contribution is 2.29. The van der Waals surface area contributed by atoms with E-state index in [2.05, 4.69) is 35.9 Å². The summed E-state index contributed by atoms with van der Waals surface area (Å²) in [6.07, 6.45) is 8.35. The first-order valence-electron chi connectivity index (χ1n) is 12.7. The fourth-order valence-electron chi connectivity index (χ4n) is 5.42. The first-order valence-corrected chi connectivity index (χ1v) is 13.5. The summed E-state index contributed by atoms with van der Waals surface area (Å²) in [6.45, 7) is 5.12. The summed E-state index contributed by atoms with van der Waals surface area (Å²) in [5.41, 5.74) is 2.60. The molecule has 4 rings (SSSR count). The minimum Gasteiger partial charge on any atom is -0.481 e. The zero-order valence-corrected chi connectivity index (χ0v) is 21.2. The summed E-state index contributed by atoms with van der Waals surface area (Å²) in [6, 6.07) is 10.1. The molecule has 1 atom stereocenters. The van der Waals surface area contributed by atoms with Gasteiger partial charge < -0.3 is 9.67 Å². The van der Waals surface area contributed by atoms with Gasteiger partial charge in [0.2, 0.25) is 0 Å². The van der Waals surface area contributed by atoms with E-state index in [4.69, 9.17) is 4.98 Å². The fourth-order valence-corrected chi connectivity index (χ4v) is 6.12. The summed E-state index contributed by atoms with van der Waals surface area (Å²) in [7, 11) is 0. The highest BCUT2D eigenvalue weighted by Gasteiger charge is 2.22. The van der Waals surface area contributed by atoms with Crippen LogP contribution in [0.5, 0.6) is 0 Å². The number of carboxylic acids is 1. The van der Waals surface area contributed by atoms with Crippen molar-refractivity contribution in [3.63, 3.8) is 0 Å². The number of aliphatic carboxylic acids is 1. The molecule has 3 aromatic rings. The first-order chi connectivity index (χ1) is 16.4. The van der Waals surface area contributed by atoms with Crippen LogP contribution in [0.25, 0.3) is 11.0 Å². The molecule has 0 bridgehead atoms. The van der Waals surface area contributed by atoms with Gasteiger partial charge in [-0.15, -0.1) is 11.3 Å². The second-order valence-corrected chi connectivity index (χ2v) is 11.4. The molecule has 0 spiro atoms. The zero-order valence-electron chi connectivity index (χ0n) is 20.3. The van der Waals surface area contributed by atoms with E-state index in [9.17, 15) is 14.7 Å². The van der Waals surface area contributed by atoms with Crippen LogP contribution >= 0.6 is 11.3 Å². The molecule has 2 heterocycles. The van der Waals surface area contributed by atoms with Gasteiger partial charge in [-0.2, -0.15) is 0 Å². The van der Waals surface area contributed by atoms with E-state index in [0.29, 0.717) is 17.4 Å². The Labute approximate surface area is 206 Å². The molecule has 1 aromatic carbocycles.